The molecule has 1 aromatic rings. The number of hydrogen-bond donors (Lipinski definition) is 2. The summed E-state index contributed by atoms with van der Waals surface area (Å²) in [5.41, 5.74) is 4.95. The number of nitrogens with one attached hydrogen (secondary N) is 1. The molecule has 0 aliphatic heterocycles. The van der Waals surface area contributed by atoms with Gasteiger partial charge in [-0.05, 0) is 31.5 Å². The molecule has 3 N–H and O–H groups in total. The third kappa shape index (κ3) is 2.76. The smallest absolute Gasteiger partial charge is 0.257 e. The van der Waals surface area contributed by atoms with Crippen molar-refractivity contribution >= 4 is 5.91 Å². The molecule has 0 bridgehead atoms. The summed E-state index contributed by atoms with van der Waals surface area (Å²) < 4.78 is 26.8. The van der Waals surface area contributed by atoms with Gasteiger partial charge >= 0.3 is 0 Å². The summed E-state index contributed by atoms with van der Waals surface area (Å²) in [6.45, 7) is 2.20. The fraction of sp³-hybridized carbons (Fsp3) is 0.364. The van der Waals surface area contributed by atoms with Crippen LogP contribution in [0.2, 0.25) is 0 Å². The highest BCUT2D eigenvalue weighted by Gasteiger charge is 2.18. The van der Waals surface area contributed by atoms with Crippen molar-refractivity contribution in [1.29, 1.82) is 0 Å². The molecule has 1 amide bonds. The van der Waals surface area contributed by atoms with Crippen LogP contribution in [0.5, 0.6) is 0 Å². The van der Waals surface area contributed by atoms with E-state index in [1.165, 1.54) is 13.0 Å². The number of hydrogen-bond acceptors (Lipinski definition) is 2. The van der Waals surface area contributed by atoms with E-state index in [9.17, 15) is 13.6 Å². The minimum absolute atomic E-state index is 0.241. The quantitative estimate of drug-likeness (QED) is 0.764. The van der Waals surface area contributed by atoms with E-state index in [1.54, 1.807) is 0 Å². The fourth-order valence-electron chi connectivity index (χ4n) is 1.26. The Hall–Kier alpha value is -1.49. The van der Waals surface area contributed by atoms with Crippen LogP contribution in [-0.4, -0.2) is 19.0 Å². The summed E-state index contributed by atoms with van der Waals surface area (Å²) in [5.74, 6) is -2.41. The molecule has 5 heteroatoms. The predicted octanol–water partition coefficient (Wildman–Crippen LogP) is 1.35. The lowest BCUT2D eigenvalue weighted by molar-refractivity contribution is 0.0945. The van der Waals surface area contributed by atoms with Gasteiger partial charge in [-0.25, -0.2) is 8.78 Å². The third-order valence-electron chi connectivity index (χ3n) is 2.18. The summed E-state index contributed by atoms with van der Waals surface area (Å²) in [7, 11) is 0. The van der Waals surface area contributed by atoms with Gasteiger partial charge in [-0.1, -0.05) is 6.07 Å². The van der Waals surface area contributed by atoms with E-state index in [-0.39, 0.29) is 5.56 Å². The third-order valence-corrected chi connectivity index (χ3v) is 2.18. The summed E-state index contributed by atoms with van der Waals surface area (Å²) in [5, 5.41) is 2.41. The maximum Gasteiger partial charge on any atom is 0.257 e. The van der Waals surface area contributed by atoms with Gasteiger partial charge in [-0.15, -0.1) is 0 Å². The van der Waals surface area contributed by atoms with Crippen LogP contribution in [0.4, 0.5) is 8.78 Å². The van der Waals surface area contributed by atoms with Crippen LogP contribution in [-0.2, 0) is 0 Å². The van der Waals surface area contributed by atoms with Gasteiger partial charge in [0.05, 0.1) is 0 Å². The van der Waals surface area contributed by atoms with Crippen LogP contribution in [0, 0.1) is 18.6 Å². The Morgan fingerprint density at radius 3 is 2.75 bits per heavy atom. The molecular formula is C11H14F2N2O. The molecule has 0 unspecified atom stereocenters. The Labute approximate surface area is 92.6 Å². The highest BCUT2D eigenvalue weighted by Crippen LogP contribution is 2.15. The van der Waals surface area contributed by atoms with Crippen molar-refractivity contribution in [2.75, 3.05) is 13.1 Å². The SMILES string of the molecule is Cc1ccc(F)c(C(=O)NCCCN)c1F. The van der Waals surface area contributed by atoms with Crippen LogP contribution >= 0.6 is 0 Å². The van der Waals surface area contributed by atoms with E-state index >= 15 is 0 Å². The van der Waals surface area contributed by atoms with Gasteiger partial charge in [-0.2, -0.15) is 0 Å². The zero-order valence-electron chi connectivity index (χ0n) is 9.02. The Kier molecular flexibility index (Phi) is 4.37. The molecule has 88 valence electrons. The van der Waals surface area contributed by atoms with Gasteiger partial charge in [-0.3, -0.25) is 4.79 Å². The van der Waals surface area contributed by atoms with Gasteiger partial charge in [0.2, 0.25) is 0 Å². The first-order valence-electron chi connectivity index (χ1n) is 5.00. The normalized spacial score (nSPS) is 10.2. The molecule has 0 saturated carbocycles. The van der Waals surface area contributed by atoms with Gasteiger partial charge < -0.3 is 11.1 Å². The molecule has 0 aliphatic carbocycles. The van der Waals surface area contributed by atoms with E-state index in [0.29, 0.717) is 19.5 Å². The van der Waals surface area contributed by atoms with Crippen LogP contribution in [0.1, 0.15) is 22.3 Å². The second-order valence-electron chi connectivity index (χ2n) is 3.45. The zero-order valence-corrected chi connectivity index (χ0v) is 9.02. The standard InChI is InChI=1S/C11H14F2N2O/c1-7-3-4-8(12)9(10(7)13)11(16)15-6-2-5-14/h3-4H,2,5-6,14H2,1H3,(H,15,16). The van der Waals surface area contributed by atoms with E-state index < -0.39 is 23.1 Å². The van der Waals surface area contributed by atoms with Gasteiger partial charge in [0, 0.05) is 6.54 Å². The lowest BCUT2D eigenvalue weighted by Crippen LogP contribution is -2.28. The molecule has 0 spiro atoms. The molecule has 0 saturated heterocycles. The van der Waals surface area contributed by atoms with E-state index in [1.807, 2.05) is 0 Å². The molecule has 1 rings (SSSR count). The van der Waals surface area contributed by atoms with Crippen molar-refractivity contribution in [3.05, 3.63) is 34.9 Å². The fourth-order valence-corrected chi connectivity index (χ4v) is 1.26. The average Bonchev–Trinajstić information content (AvgIpc) is 2.24. The molecular weight excluding hydrogens is 214 g/mol. The van der Waals surface area contributed by atoms with E-state index in [4.69, 9.17) is 5.73 Å². The molecule has 0 aliphatic rings. The van der Waals surface area contributed by atoms with Crippen LogP contribution in [0.15, 0.2) is 12.1 Å². The molecule has 0 aromatic heterocycles. The number of rotatable bonds is 4. The average molecular weight is 228 g/mol. The largest absolute Gasteiger partial charge is 0.352 e. The molecule has 0 heterocycles. The second-order valence-corrected chi connectivity index (χ2v) is 3.45. The number of carbonyl (C=O) groups excluding carboxylic acids is 1. The minimum atomic E-state index is -0.853. The Bertz CT molecular complexity index is 394. The highest BCUT2D eigenvalue weighted by molar-refractivity contribution is 5.94. The lowest BCUT2D eigenvalue weighted by atomic mass is 10.1. The monoisotopic (exact) mass is 228 g/mol. The number of amides is 1. The summed E-state index contributed by atoms with van der Waals surface area (Å²) in [4.78, 5) is 11.5. The number of aryl methyl sites for hydroxylation is 1. The molecule has 3 nitrogen and oxygen atoms in total. The zero-order chi connectivity index (χ0) is 12.1. The van der Waals surface area contributed by atoms with E-state index in [0.717, 1.165) is 6.07 Å². The maximum atomic E-state index is 13.5. The molecule has 1 aromatic carbocycles. The second kappa shape index (κ2) is 5.55. The van der Waals surface area contributed by atoms with Crippen molar-refractivity contribution < 1.29 is 13.6 Å². The summed E-state index contributed by atoms with van der Waals surface area (Å²) in [6.07, 6.45) is 0.570. The predicted molar refractivity (Wildman–Crippen MR) is 57.1 cm³/mol. The van der Waals surface area contributed by atoms with Crippen molar-refractivity contribution in [3.8, 4) is 0 Å². The number of benzene rings is 1. The van der Waals surface area contributed by atoms with E-state index in [2.05, 4.69) is 5.32 Å². The van der Waals surface area contributed by atoms with Crippen molar-refractivity contribution in [2.45, 2.75) is 13.3 Å². The molecule has 0 atom stereocenters. The Balaban J connectivity index is 2.86. The van der Waals surface area contributed by atoms with Crippen molar-refractivity contribution in [2.24, 2.45) is 5.73 Å². The Morgan fingerprint density at radius 1 is 1.44 bits per heavy atom. The first-order chi connectivity index (χ1) is 7.57. The highest BCUT2D eigenvalue weighted by atomic mass is 19.1. The first-order valence-corrected chi connectivity index (χ1v) is 5.00. The van der Waals surface area contributed by atoms with Crippen LogP contribution < -0.4 is 11.1 Å². The van der Waals surface area contributed by atoms with Gasteiger partial charge in [0.25, 0.3) is 5.91 Å². The van der Waals surface area contributed by atoms with Crippen LogP contribution in [0.25, 0.3) is 0 Å². The minimum Gasteiger partial charge on any atom is -0.352 e. The topological polar surface area (TPSA) is 55.1 Å². The summed E-state index contributed by atoms with van der Waals surface area (Å²) in [6, 6.07) is 2.37. The van der Waals surface area contributed by atoms with Crippen molar-refractivity contribution in [1.82, 2.24) is 5.32 Å². The van der Waals surface area contributed by atoms with Gasteiger partial charge in [0.1, 0.15) is 17.2 Å². The summed E-state index contributed by atoms with van der Waals surface area (Å²) >= 11 is 0. The molecule has 0 radical (unpaired) electrons. The first kappa shape index (κ1) is 12.6. The van der Waals surface area contributed by atoms with Crippen molar-refractivity contribution in [3.63, 3.8) is 0 Å². The lowest BCUT2D eigenvalue weighted by Gasteiger charge is -2.07. The Morgan fingerprint density at radius 2 is 2.12 bits per heavy atom. The van der Waals surface area contributed by atoms with Crippen LogP contribution in [0.3, 0.4) is 0 Å². The maximum absolute atomic E-state index is 13.5. The molecule has 16 heavy (non-hydrogen) atoms. The number of nitrogens with two attached hydrogens (primary N) is 1. The number of halogens is 2. The van der Waals surface area contributed by atoms with Gasteiger partial charge in [0.15, 0.2) is 0 Å². The molecule has 0 fully saturated rings. The number of carbonyl (C=O) groups is 1.